The first-order valence-corrected chi connectivity index (χ1v) is 11.3. The molecular weight excluding hydrogens is 370 g/mol. The first-order valence-electron chi connectivity index (χ1n) is 11.3. The Morgan fingerprint density at radius 3 is 1.08 bits per heavy atom. The third kappa shape index (κ3) is 20.6. The fourth-order valence-corrected chi connectivity index (χ4v) is 3.38. The molecule has 0 aromatic carbocycles. The average Bonchev–Trinajstić information content (AvgIpc) is 2.53. The zero-order valence-electron chi connectivity index (χ0n) is 18.4. The van der Waals surface area contributed by atoms with Crippen molar-refractivity contribution in [2.24, 2.45) is 0 Å². The zero-order chi connectivity index (χ0) is 18.1. The molecule has 2 heteroatoms. The molecule has 0 saturated carbocycles. The van der Waals surface area contributed by atoms with Crippen molar-refractivity contribution >= 4 is 0 Å². The number of rotatable bonds is 18. The number of unbranched alkanes of at least 4 members (excludes halogenated alkanes) is 15. The van der Waals surface area contributed by atoms with E-state index in [0.717, 1.165) is 10.5 Å². The number of nitrogens with zero attached hydrogens (tertiary/aromatic N) is 1. The van der Waals surface area contributed by atoms with E-state index >= 15 is 0 Å². The lowest BCUT2D eigenvalue weighted by Crippen LogP contribution is -3.00. The number of halogens is 1. The SMILES string of the molecule is CCCCCCCCCCCCCCCCCCC(C)[N+](C)(C)C.[Br-]. The molecule has 1 nitrogen and oxygen atoms in total. The van der Waals surface area contributed by atoms with E-state index < -0.39 is 0 Å². The molecule has 25 heavy (non-hydrogen) atoms. The minimum Gasteiger partial charge on any atom is -1.00 e. The number of hydrogen-bond acceptors (Lipinski definition) is 0. The quantitative estimate of drug-likeness (QED) is 0.222. The second-order valence-corrected chi connectivity index (χ2v) is 9.06. The van der Waals surface area contributed by atoms with E-state index in [1.165, 1.54) is 109 Å². The largest absolute Gasteiger partial charge is 1.00 e. The van der Waals surface area contributed by atoms with E-state index in [4.69, 9.17) is 0 Å². The molecule has 0 heterocycles. The molecule has 0 aromatic rings. The van der Waals surface area contributed by atoms with Crippen LogP contribution in [-0.4, -0.2) is 31.7 Å². The maximum absolute atomic E-state index is 2.39. The topological polar surface area (TPSA) is 0 Å². The monoisotopic (exact) mass is 419 g/mol. The minimum absolute atomic E-state index is 0. The Labute approximate surface area is 171 Å². The Morgan fingerprint density at radius 1 is 0.520 bits per heavy atom. The third-order valence-electron chi connectivity index (χ3n) is 5.80. The standard InChI is InChI=1S/C23H50N.BrH/c1-6-7-8-9-10-11-12-13-14-15-16-17-18-19-20-21-22-23(2)24(3,4)5;/h23H,6-22H2,1-5H3;1H/q+1;/p-1. The van der Waals surface area contributed by atoms with Crippen LogP contribution < -0.4 is 17.0 Å². The fourth-order valence-electron chi connectivity index (χ4n) is 3.38. The van der Waals surface area contributed by atoms with Crippen LogP contribution in [0.4, 0.5) is 0 Å². The Kier molecular flexibility index (Phi) is 21.2. The summed E-state index contributed by atoms with van der Waals surface area (Å²) < 4.78 is 1.11. The second-order valence-electron chi connectivity index (χ2n) is 9.06. The lowest BCUT2D eigenvalue weighted by atomic mass is 10.0. The van der Waals surface area contributed by atoms with Crippen LogP contribution in [-0.2, 0) is 0 Å². The summed E-state index contributed by atoms with van der Waals surface area (Å²) in [6, 6.07) is 0.802. The van der Waals surface area contributed by atoms with Gasteiger partial charge in [-0.25, -0.2) is 0 Å². The third-order valence-corrected chi connectivity index (χ3v) is 5.80. The van der Waals surface area contributed by atoms with Crippen LogP contribution in [0.1, 0.15) is 123 Å². The first-order chi connectivity index (χ1) is 11.5. The van der Waals surface area contributed by atoms with E-state index in [1.54, 1.807) is 0 Å². The molecule has 0 rings (SSSR count). The molecule has 0 saturated heterocycles. The molecule has 0 fully saturated rings. The van der Waals surface area contributed by atoms with Gasteiger partial charge < -0.3 is 21.5 Å². The van der Waals surface area contributed by atoms with Gasteiger partial charge in [-0.3, -0.25) is 0 Å². The van der Waals surface area contributed by atoms with Crippen LogP contribution in [0.3, 0.4) is 0 Å². The highest BCUT2D eigenvalue weighted by atomic mass is 79.9. The van der Waals surface area contributed by atoms with Gasteiger partial charge in [-0.1, -0.05) is 103 Å². The number of hydrogen-bond donors (Lipinski definition) is 0. The predicted molar refractivity (Wildman–Crippen MR) is 112 cm³/mol. The Morgan fingerprint density at radius 2 is 0.800 bits per heavy atom. The van der Waals surface area contributed by atoms with Gasteiger partial charge in [-0.15, -0.1) is 0 Å². The van der Waals surface area contributed by atoms with Crippen LogP contribution in [0.2, 0.25) is 0 Å². The van der Waals surface area contributed by atoms with Crippen molar-refractivity contribution in [2.45, 2.75) is 129 Å². The molecule has 1 atom stereocenters. The van der Waals surface area contributed by atoms with Gasteiger partial charge in [0.2, 0.25) is 0 Å². The van der Waals surface area contributed by atoms with E-state index in [2.05, 4.69) is 35.0 Å². The van der Waals surface area contributed by atoms with E-state index in [1.807, 2.05) is 0 Å². The molecule has 154 valence electrons. The maximum Gasteiger partial charge on any atom is 0.0855 e. The van der Waals surface area contributed by atoms with Crippen LogP contribution in [0.5, 0.6) is 0 Å². The van der Waals surface area contributed by atoms with E-state index in [0.29, 0.717) is 0 Å². The first kappa shape index (κ1) is 27.7. The lowest BCUT2D eigenvalue weighted by molar-refractivity contribution is -0.894. The van der Waals surface area contributed by atoms with Crippen molar-refractivity contribution in [2.75, 3.05) is 21.1 Å². The second kappa shape index (κ2) is 19.2. The predicted octanol–water partition coefficient (Wildman–Crippen LogP) is 4.74. The van der Waals surface area contributed by atoms with Gasteiger partial charge in [0.05, 0.1) is 27.2 Å². The summed E-state index contributed by atoms with van der Waals surface area (Å²) in [5.41, 5.74) is 0. The van der Waals surface area contributed by atoms with Gasteiger partial charge >= 0.3 is 0 Å². The van der Waals surface area contributed by atoms with Crippen LogP contribution in [0, 0.1) is 0 Å². The molecule has 0 spiro atoms. The van der Waals surface area contributed by atoms with Crippen molar-refractivity contribution < 1.29 is 21.5 Å². The highest BCUT2D eigenvalue weighted by Gasteiger charge is 2.16. The van der Waals surface area contributed by atoms with Gasteiger partial charge in [0.15, 0.2) is 0 Å². The molecule has 0 aliphatic heterocycles. The lowest BCUT2D eigenvalue weighted by Gasteiger charge is -2.31. The van der Waals surface area contributed by atoms with E-state index in [-0.39, 0.29) is 17.0 Å². The molecule has 0 aliphatic rings. The molecule has 0 bridgehead atoms. The summed E-state index contributed by atoms with van der Waals surface area (Å²) in [5.74, 6) is 0. The number of quaternary nitrogens is 1. The highest BCUT2D eigenvalue weighted by Crippen LogP contribution is 2.15. The van der Waals surface area contributed by atoms with Crippen LogP contribution in [0.15, 0.2) is 0 Å². The summed E-state index contributed by atoms with van der Waals surface area (Å²) in [5, 5.41) is 0. The van der Waals surface area contributed by atoms with Gasteiger partial charge in [-0.2, -0.15) is 0 Å². The highest BCUT2D eigenvalue weighted by molar-refractivity contribution is 4.53. The smallest absolute Gasteiger partial charge is 0.0855 e. The Bertz CT molecular complexity index is 247. The minimum atomic E-state index is 0. The molecule has 0 radical (unpaired) electrons. The van der Waals surface area contributed by atoms with Gasteiger partial charge in [0, 0.05) is 0 Å². The molecule has 0 N–H and O–H groups in total. The normalized spacial score (nSPS) is 12.8. The van der Waals surface area contributed by atoms with Gasteiger partial charge in [0.1, 0.15) is 0 Å². The summed E-state index contributed by atoms with van der Waals surface area (Å²) >= 11 is 0. The maximum atomic E-state index is 2.39. The van der Waals surface area contributed by atoms with Crippen LogP contribution >= 0.6 is 0 Å². The summed E-state index contributed by atoms with van der Waals surface area (Å²) in [6.07, 6.45) is 24.8. The van der Waals surface area contributed by atoms with Crippen molar-refractivity contribution in [1.82, 2.24) is 0 Å². The average molecular weight is 421 g/mol. The molecular formula is C23H50BrN. The van der Waals surface area contributed by atoms with Crippen molar-refractivity contribution in [3.8, 4) is 0 Å². The molecule has 0 amide bonds. The van der Waals surface area contributed by atoms with Gasteiger partial charge in [0.25, 0.3) is 0 Å². The summed E-state index contributed by atoms with van der Waals surface area (Å²) in [6.45, 7) is 4.69. The summed E-state index contributed by atoms with van der Waals surface area (Å²) in [4.78, 5) is 0. The molecule has 0 aliphatic carbocycles. The summed E-state index contributed by atoms with van der Waals surface area (Å²) in [7, 11) is 6.95. The van der Waals surface area contributed by atoms with Crippen molar-refractivity contribution in [3.05, 3.63) is 0 Å². The molecule has 0 aromatic heterocycles. The van der Waals surface area contributed by atoms with Crippen molar-refractivity contribution in [3.63, 3.8) is 0 Å². The van der Waals surface area contributed by atoms with Crippen LogP contribution in [0.25, 0.3) is 0 Å². The molecule has 1 unspecified atom stereocenters. The van der Waals surface area contributed by atoms with Gasteiger partial charge in [-0.05, 0) is 19.8 Å². The Balaban J connectivity index is 0. The van der Waals surface area contributed by atoms with E-state index in [9.17, 15) is 0 Å². The zero-order valence-corrected chi connectivity index (χ0v) is 20.0. The van der Waals surface area contributed by atoms with Crippen molar-refractivity contribution in [1.29, 1.82) is 0 Å². The Hall–Kier alpha value is 0.440. The fraction of sp³-hybridized carbons (Fsp3) is 1.00.